The Morgan fingerprint density at radius 3 is 1.90 bits per heavy atom. The van der Waals surface area contributed by atoms with Gasteiger partial charge in [0, 0.05) is 6.54 Å². The molecule has 0 aliphatic heterocycles. The van der Waals surface area contributed by atoms with E-state index in [9.17, 15) is 24.0 Å². The van der Waals surface area contributed by atoms with E-state index in [4.69, 9.17) is 0 Å². The van der Waals surface area contributed by atoms with Crippen molar-refractivity contribution < 1.29 is 9.59 Å². The summed E-state index contributed by atoms with van der Waals surface area (Å²) in [5, 5.41) is 4.54. The number of aromatic nitrogens is 3. The van der Waals surface area contributed by atoms with Crippen LogP contribution in [-0.4, -0.2) is 25.6 Å². The molecule has 0 atom stereocenters. The SMILES string of the molecule is C=CCn1c(=O)n(CC=C)c(=O)n(CC(=O)NC(=O)NCc2ccccc2)c1=O. The van der Waals surface area contributed by atoms with Crippen LogP contribution >= 0.6 is 0 Å². The molecular formula is C19H21N5O5. The second-order valence-corrected chi connectivity index (χ2v) is 5.95. The van der Waals surface area contributed by atoms with Gasteiger partial charge in [0.05, 0.1) is 13.1 Å². The predicted molar refractivity (Wildman–Crippen MR) is 106 cm³/mol. The highest BCUT2D eigenvalue weighted by Gasteiger charge is 2.17. The van der Waals surface area contributed by atoms with Gasteiger partial charge in [-0.25, -0.2) is 32.9 Å². The van der Waals surface area contributed by atoms with Crippen LogP contribution in [0, 0.1) is 0 Å². The second kappa shape index (κ2) is 9.83. The average Bonchev–Trinajstić information content (AvgIpc) is 2.71. The molecule has 10 heteroatoms. The first-order valence-electron chi connectivity index (χ1n) is 8.67. The minimum absolute atomic E-state index is 0.145. The summed E-state index contributed by atoms with van der Waals surface area (Å²) in [4.78, 5) is 61.2. The molecule has 1 aromatic heterocycles. The smallest absolute Gasteiger partial charge is 0.334 e. The van der Waals surface area contributed by atoms with Gasteiger partial charge in [0.25, 0.3) is 0 Å². The highest BCUT2D eigenvalue weighted by Crippen LogP contribution is 1.96. The minimum atomic E-state index is -0.972. The molecule has 2 rings (SSSR count). The number of hydrogen-bond acceptors (Lipinski definition) is 5. The molecule has 10 nitrogen and oxygen atoms in total. The Balaban J connectivity index is 2.18. The van der Waals surface area contributed by atoms with Crippen LogP contribution in [0.1, 0.15) is 5.56 Å². The second-order valence-electron chi connectivity index (χ2n) is 5.95. The number of nitrogens with one attached hydrogen (secondary N) is 2. The Morgan fingerprint density at radius 2 is 1.38 bits per heavy atom. The van der Waals surface area contributed by atoms with Gasteiger partial charge in [0.2, 0.25) is 5.91 Å². The molecule has 0 fully saturated rings. The Bertz CT molecular complexity index is 1050. The maximum atomic E-state index is 12.4. The first-order chi connectivity index (χ1) is 13.9. The zero-order valence-corrected chi connectivity index (χ0v) is 15.7. The van der Waals surface area contributed by atoms with Crippen molar-refractivity contribution in [2.45, 2.75) is 26.2 Å². The summed E-state index contributed by atoms with van der Waals surface area (Å²) in [5.41, 5.74) is -1.95. The highest BCUT2D eigenvalue weighted by atomic mass is 16.2. The zero-order chi connectivity index (χ0) is 21.4. The Hall–Kier alpha value is -3.95. The molecule has 152 valence electrons. The molecule has 2 aromatic rings. The van der Waals surface area contributed by atoms with Crippen LogP contribution < -0.4 is 27.7 Å². The third-order valence-corrected chi connectivity index (χ3v) is 3.86. The molecule has 1 aromatic carbocycles. The lowest BCUT2D eigenvalue weighted by molar-refractivity contribution is -0.120. The number of allylic oxidation sites excluding steroid dienone is 2. The topological polar surface area (TPSA) is 124 Å². The lowest BCUT2D eigenvalue weighted by Crippen LogP contribution is -2.56. The van der Waals surface area contributed by atoms with Gasteiger partial charge in [-0.15, -0.1) is 13.2 Å². The lowest BCUT2D eigenvalue weighted by Gasteiger charge is -2.12. The predicted octanol–water partition coefficient (Wildman–Crippen LogP) is -0.430. The van der Waals surface area contributed by atoms with Crippen molar-refractivity contribution in [1.82, 2.24) is 24.3 Å². The van der Waals surface area contributed by atoms with Gasteiger partial charge in [0.1, 0.15) is 6.54 Å². The van der Waals surface area contributed by atoms with Gasteiger partial charge in [-0.3, -0.25) is 10.1 Å². The molecule has 0 aliphatic rings. The van der Waals surface area contributed by atoms with Crippen molar-refractivity contribution in [3.8, 4) is 0 Å². The quantitative estimate of drug-likeness (QED) is 0.583. The lowest BCUT2D eigenvalue weighted by atomic mass is 10.2. The van der Waals surface area contributed by atoms with Crippen LogP contribution in [0.25, 0.3) is 0 Å². The molecule has 29 heavy (non-hydrogen) atoms. The van der Waals surface area contributed by atoms with E-state index in [1.807, 2.05) is 11.4 Å². The van der Waals surface area contributed by atoms with E-state index in [1.165, 1.54) is 12.2 Å². The number of carbonyl (C=O) groups excluding carboxylic acids is 2. The molecule has 0 unspecified atom stereocenters. The van der Waals surface area contributed by atoms with Crippen LogP contribution in [0.15, 0.2) is 70.0 Å². The Kier molecular flexibility index (Phi) is 7.24. The summed E-state index contributed by atoms with van der Waals surface area (Å²) < 4.78 is 2.11. The molecule has 2 N–H and O–H groups in total. The third kappa shape index (κ3) is 5.28. The van der Waals surface area contributed by atoms with Crippen LogP contribution in [0.5, 0.6) is 0 Å². The fourth-order valence-electron chi connectivity index (χ4n) is 2.52. The third-order valence-electron chi connectivity index (χ3n) is 3.86. The van der Waals surface area contributed by atoms with Gasteiger partial charge in [0.15, 0.2) is 0 Å². The molecule has 0 radical (unpaired) electrons. The van der Waals surface area contributed by atoms with Gasteiger partial charge in [-0.05, 0) is 5.56 Å². The molecular weight excluding hydrogens is 378 g/mol. The molecule has 0 saturated heterocycles. The van der Waals surface area contributed by atoms with Crippen molar-refractivity contribution in [3.63, 3.8) is 0 Å². The van der Waals surface area contributed by atoms with Crippen molar-refractivity contribution in [3.05, 3.63) is 92.7 Å². The van der Waals surface area contributed by atoms with Gasteiger partial charge < -0.3 is 5.32 Å². The molecule has 0 saturated carbocycles. The van der Waals surface area contributed by atoms with Gasteiger partial charge in [-0.1, -0.05) is 42.5 Å². The van der Waals surface area contributed by atoms with E-state index in [-0.39, 0.29) is 19.6 Å². The number of imide groups is 1. The van der Waals surface area contributed by atoms with Crippen molar-refractivity contribution >= 4 is 11.9 Å². The summed E-state index contributed by atoms with van der Waals surface area (Å²) in [7, 11) is 0. The van der Waals surface area contributed by atoms with Gasteiger partial charge >= 0.3 is 23.1 Å². The van der Waals surface area contributed by atoms with Crippen LogP contribution in [-0.2, 0) is 31.0 Å². The maximum absolute atomic E-state index is 12.4. The Labute approximate surface area is 165 Å². The monoisotopic (exact) mass is 399 g/mol. The molecule has 0 aliphatic carbocycles. The first kappa shape index (κ1) is 21.4. The fourth-order valence-corrected chi connectivity index (χ4v) is 2.52. The summed E-state index contributed by atoms with van der Waals surface area (Å²) in [6, 6.07) is 8.25. The number of hydrogen-bond donors (Lipinski definition) is 2. The van der Waals surface area contributed by atoms with Crippen LogP contribution in [0.2, 0.25) is 0 Å². The summed E-state index contributed by atoms with van der Waals surface area (Å²) in [6.45, 7) is 6.10. The van der Waals surface area contributed by atoms with E-state index in [0.29, 0.717) is 4.57 Å². The largest absolute Gasteiger partial charge is 0.337 e. The number of carbonyl (C=O) groups is 2. The van der Waals surface area contributed by atoms with Crippen molar-refractivity contribution in [2.75, 3.05) is 0 Å². The number of benzene rings is 1. The fraction of sp³-hybridized carbons (Fsp3) is 0.211. The number of rotatable bonds is 8. The van der Waals surface area contributed by atoms with Crippen molar-refractivity contribution in [1.29, 1.82) is 0 Å². The molecule has 0 spiro atoms. The van der Waals surface area contributed by atoms with E-state index in [0.717, 1.165) is 14.7 Å². The summed E-state index contributed by atoms with van der Waals surface area (Å²) in [6.07, 6.45) is 2.62. The normalized spacial score (nSPS) is 10.2. The average molecular weight is 399 g/mol. The standard InChI is InChI=1S/C19H21N5O5/c1-3-10-22-17(27)23(11-4-2)19(29)24(18(22)28)13-15(25)21-16(26)20-12-14-8-6-5-7-9-14/h3-9H,1-2,10-13H2,(H2,20,21,25,26). The van der Waals surface area contributed by atoms with E-state index >= 15 is 0 Å². The minimum Gasteiger partial charge on any atom is -0.334 e. The summed E-state index contributed by atoms with van der Waals surface area (Å²) >= 11 is 0. The van der Waals surface area contributed by atoms with E-state index in [2.05, 4.69) is 18.5 Å². The number of nitrogens with zero attached hydrogens (tertiary/aromatic N) is 3. The maximum Gasteiger partial charge on any atom is 0.337 e. The summed E-state index contributed by atoms with van der Waals surface area (Å²) in [5.74, 6) is -0.885. The van der Waals surface area contributed by atoms with Gasteiger partial charge in [-0.2, -0.15) is 0 Å². The van der Waals surface area contributed by atoms with Crippen molar-refractivity contribution in [2.24, 2.45) is 0 Å². The first-order valence-corrected chi connectivity index (χ1v) is 8.67. The van der Waals surface area contributed by atoms with E-state index < -0.39 is 35.6 Å². The van der Waals surface area contributed by atoms with Crippen LogP contribution in [0.3, 0.4) is 0 Å². The molecule has 1 heterocycles. The zero-order valence-electron chi connectivity index (χ0n) is 15.7. The molecule has 0 bridgehead atoms. The number of amides is 3. The van der Waals surface area contributed by atoms with Crippen LogP contribution in [0.4, 0.5) is 4.79 Å². The Morgan fingerprint density at radius 1 is 0.862 bits per heavy atom. The van der Waals surface area contributed by atoms with E-state index in [1.54, 1.807) is 24.3 Å². The molecule has 3 amide bonds. The number of urea groups is 1. The highest BCUT2D eigenvalue weighted by molar-refractivity contribution is 5.94.